The maximum atomic E-state index is 9.13. The molecule has 4 heteroatoms. The average molecular weight is 325 g/mol. The van der Waals surface area contributed by atoms with E-state index in [1.807, 2.05) is 48.5 Å². The Hall–Kier alpha value is -2.52. The van der Waals surface area contributed by atoms with Gasteiger partial charge in [0.25, 0.3) is 0 Å². The zero-order valence-corrected chi connectivity index (χ0v) is 12.9. The van der Waals surface area contributed by atoms with Crippen molar-refractivity contribution in [3.63, 3.8) is 0 Å². The third-order valence-electron chi connectivity index (χ3n) is 2.96. The first-order valence-corrected chi connectivity index (χ1v) is 7.14. The van der Waals surface area contributed by atoms with Crippen LogP contribution in [0.2, 0.25) is 10.0 Å². The van der Waals surface area contributed by atoms with Gasteiger partial charge in [-0.3, -0.25) is 0 Å². The second-order valence-electron chi connectivity index (χ2n) is 4.39. The van der Waals surface area contributed by atoms with Crippen LogP contribution in [0.1, 0.15) is 11.1 Å². The van der Waals surface area contributed by atoms with Crippen molar-refractivity contribution in [2.75, 3.05) is 0 Å². The summed E-state index contributed by atoms with van der Waals surface area (Å²) in [7, 11) is 0. The fourth-order valence-corrected chi connectivity index (χ4v) is 2.19. The van der Waals surface area contributed by atoms with Crippen molar-refractivity contribution in [3.05, 3.63) is 81.4 Å². The topological polar surface area (TPSA) is 47.6 Å². The van der Waals surface area contributed by atoms with E-state index >= 15 is 0 Å². The van der Waals surface area contributed by atoms with Gasteiger partial charge in [-0.2, -0.15) is 10.5 Å². The Labute approximate surface area is 139 Å². The number of benzene rings is 2. The van der Waals surface area contributed by atoms with Crippen LogP contribution in [0.4, 0.5) is 0 Å². The molecule has 2 aromatic carbocycles. The summed E-state index contributed by atoms with van der Waals surface area (Å²) in [6.07, 6.45) is 3.52. The van der Waals surface area contributed by atoms with Gasteiger partial charge in [0.2, 0.25) is 0 Å². The van der Waals surface area contributed by atoms with Gasteiger partial charge in [-0.05, 0) is 23.3 Å². The molecule has 0 unspecified atom stereocenters. The normalized spacial score (nSPS) is 10.0. The molecule has 0 bridgehead atoms. The molecule has 0 spiro atoms. The molecule has 0 aliphatic carbocycles. The number of hydrogen-bond acceptors (Lipinski definition) is 2. The van der Waals surface area contributed by atoms with Gasteiger partial charge in [0.05, 0.1) is 10.0 Å². The highest BCUT2D eigenvalue weighted by Crippen LogP contribution is 2.25. The third-order valence-corrected chi connectivity index (χ3v) is 3.70. The van der Waals surface area contributed by atoms with Crippen LogP contribution in [0, 0.1) is 22.7 Å². The van der Waals surface area contributed by atoms with Gasteiger partial charge in [-0.25, -0.2) is 0 Å². The molecule has 2 aromatic rings. The molecule has 22 heavy (non-hydrogen) atoms. The van der Waals surface area contributed by atoms with Gasteiger partial charge < -0.3 is 0 Å². The molecule has 0 radical (unpaired) electrons. The van der Waals surface area contributed by atoms with Gasteiger partial charge in [0.15, 0.2) is 0 Å². The Morgan fingerprint density at radius 1 is 0.909 bits per heavy atom. The SMILES string of the molecule is N#CC(C#N)=C(/C=C/c1ccc(Cl)c(Cl)c1)c1ccccc1. The van der Waals surface area contributed by atoms with Crippen LogP contribution in [0.15, 0.2) is 60.2 Å². The van der Waals surface area contributed by atoms with E-state index in [0.29, 0.717) is 15.6 Å². The molecule has 0 aliphatic rings. The van der Waals surface area contributed by atoms with Crippen LogP contribution in [0.25, 0.3) is 11.6 Å². The van der Waals surface area contributed by atoms with Crippen molar-refractivity contribution in [1.29, 1.82) is 10.5 Å². The van der Waals surface area contributed by atoms with Gasteiger partial charge >= 0.3 is 0 Å². The lowest BCUT2D eigenvalue weighted by molar-refractivity contribution is 1.46. The second kappa shape index (κ2) is 7.48. The standard InChI is InChI=1S/C18H10Cl2N2/c19-17-9-7-13(10-18(17)20)6-8-16(15(11-21)12-22)14-4-2-1-3-5-14/h1-10H/b8-6+. The van der Waals surface area contributed by atoms with Crippen molar-refractivity contribution < 1.29 is 0 Å². The molecular weight excluding hydrogens is 315 g/mol. The van der Waals surface area contributed by atoms with Crippen LogP contribution in [-0.4, -0.2) is 0 Å². The summed E-state index contributed by atoms with van der Waals surface area (Å²) < 4.78 is 0. The number of nitriles is 2. The monoisotopic (exact) mass is 324 g/mol. The Bertz CT molecular complexity index is 806. The van der Waals surface area contributed by atoms with Gasteiger partial charge in [0.1, 0.15) is 17.7 Å². The van der Waals surface area contributed by atoms with E-state index in [1.165, 1.54) is 0 Å². The smallest absolute Gasteiger partial charge is 0.137 e. The molecule has 0 N–H and O–H groups in total. The largest absolute Gasteiger partial charge is 0.192 e. The molecule has 0 aromatic heterocycles. The molecule has 0 fully saturated rings. The van der Waals surface area contributed by atoms with Gasteiger partial charge in [0, 0.05) is 5.57 Å². The Morgan fingerprint density at radius 3 is 2.18 bits per heavy atom. The molecular formula is C18H10Cl2N2. The van der Waals surface area contributed by atoms with Crippen molar-refractivity contribution >= 4 is 34.9 Å². The number of hydrogen-bond donors (Lipinski definition) is 0. The highest BCUT2D eigenvalue weighted by molar-refractivity contribution is 6.42. The molecule has 2 rings (SSSR count). The van der Waals surface area contributed by atoms with Crippen LogP contribution >= 0.6 is 23.2 Å². The van der Waals surface area contributed by atoms with Gasteiger partial charge in [-0.15, -0.1) is 0 Å². The summed E-state index contributed by atoms with van der Waals surface area (Å²) in [4.78, 5) is 0. The first-order chi connectivity index (χ1) is 10.7. The van der Waals surface area contributed by atoms with Crippen LogP contribution in [-0.2, 0) is 0 Å². The minimum atomic E-state index is 0.0579. The number of nitrogens with zero attached hydrogens (tertiary/aromatic N) is 2. The summed E-state index contributed by atoms with van der Waals surface area (Å²) >= 11 is 11.9. The van der Waals surface area contributed by atoms with E-state index in [2.05, 4.69) is 0 Å². The quantitative estimate of drug-likeness (QED) is 0.552. The van der Waals surface area contributed by atoms with E-state index in [-0.39, 0.29) is 5.57 Å². The first kappa shape index (κ1) is 15.9. The minimum absolute atomic E-state index is 0.0579. The minimum Gasteiger partial charge on any atom is -0.192 e. The van der Waals surface area contributed by atoms with Gasteiger partial charge in [-0.1, -0.05) is 71.8 Å². The maximum absolute atomic E-state index is 9.13. The molecule has 0 saturated heterocycles. The highest BCUT2D eigenvalue weighted by Gasteiger charge is 2.06. The van der Waals surface area contributed by atoms with Crippen molar-refractivity contribution in [1.82, 2.24) is 0 Å². The van der Waals surface area contributed by atoms with E-state index in [4.69, 9.17) is 33.7 Å². The number of allylic oxidation sites excluding steroid dienone is 3. The van der Waals surface area contributed by atoms with Crippen molar-refractivity contribution in [2.24, 2.45) is 0 Å². The fourth-order valence-electron chi connectivity index (χ4n) is 1.88. The predicted octanol–water partition coefficient (Wildman–Crippen LogP) is 5.51. The molecule has 0 aliphatic heterocycles. The first-order valence-electron chi connectivity index (χ1n) is 6.38. The lowest BCUT2D eigenvalue weighted by Crippen LogP contribution is -1.86. The number of rotatable bonds is 3. The molecule has 0 saturated carbocycles. The lowest BCUT2D eigenvalue weighted by atomic mass is 10.00. The Kier molecular flexibility index (Phi) is 5.39. The average Bonchev–Trinajstić information content (AvgIpc) is 2.55. The maximum Gasteiger partial charge on any atom is 0.137 e. The highest BCUT2D eigenvalue weighted by atomic mass is 35.5. The van der Waals surface area contributed by atoms with Crippen molar-refractivity contribution in [3.8, 4) is 12.1 Å². The molecule has 0 atom stereocenters. The third kappa shape index (κ3) is 3.77. The zero-order valence-electron chi connectivity index (χ0n) is 11.4. The molecule has 106 valence electrons. The Balaban J connectivity index is 2.47. The van der Waals surface area contributed by atoms with E-state index < -0.39 is 0 Å². The Morgan fingerprint density at radius 2 is 1.59 bits per heavy atom. The molecule has 2 nitrogen and oxygen atoms in total. The van der Waals surface area contributed by atoms with E-state index in [1.54, 1.807) is 24.3 Å². The summed E-state index contributed by atoms with van der Waals surface area (Å²) in [6, 6.07) is 18.4. The van der Waals surface area contributed by atoms with Crippen molar-refractivity contribution in [2.45, 2.75) is 0 Å². The summed E-state index contributed by atoms with van der Waals surface area (Å²) in [5.41, 5.74) is 2.26. The zero-order chi connectivity index (χ0) is 15.9. The number of halogens is 2. The van der Waals surface area contributed by atoms with Crippen LogP contribution in [0.5, 0.6) is 0 Å². The molecule has 0 heterocycles. The van der Waals surface area contributed by atoms with E-state index in [9.17, 15) is 0 Å². The summed E-state index contributed by atoms with van der Waals surface area (Å²) in [6.45, 7) is 0. The summed E-state index contributed by atoms with van der Waals surface area (Å²) in [5, 5.41) is 19.2. The van der Waals surface area contributed by atoms with E-state index in [0.717, 1.165) is 11.1 Å². The second-order valence-corrected chi connectivity index (χ2v) is 5.20. The van der Waals surface area contributed by atoms with Crippen LogP contribution in [0.3, 0.4) is 0 Å². The fraction of sp³-hybridized carbons (Fsp3) is 0. The lowest BCUT2D eigenvalue weighted by Gasteiger charge is -2.03. The predicted molar refractivity (Wildman–Crippen MR) is 90.1 cm³/mol. The summed E-state index contributed by atoms with van der Waals surface area (Å²) in [5.74, 6) is 0. The van der Waals surface area contributed by atoms with Crippen LogP contribution < -0.4 is 0 Å². The molecule has 0 amide bonds.